The molecule has 2 aromatic heterocycles. The molecule has 2 aromatic rings. The van der Waals surface area contributed by atoms with Crippen molar-refractivity contribution in [3.63, 3.8) is 0 Å². The molecule has 2 saturated carbocycles. The summed E-state index contributed by atoms with van der Waals surface area (Å²) in [5.41, 5.74) is 5.47. The third-order valence-corrected chi connectivity index (χ3v) is 8.39. The summed E-state index contributed by atoms with van der Waals surface area (Å²) in [5, 5.41) is 10.3. The van der Waals surface area contributed by atoms with Crippen LogP contribution >= 0.6 is 0 Å². The number of ether oxygens (including phenoxy) is 1. The van der Waals surface area contributed by atoms with Crippen molar-refractivity contribution in [2.45, 2.75) is 69.9 Å². The van der Waals surface area contributed by atoms with Crippen LogP contribution in [0.2, 0.25) is 0 Å². The minimum Gasteiger partial charge on any atom is -0.462 e. The van der Waals surface area contributed by atoms with Crippen LogP contribution in [0.5, 0.6) is 0 Å². The molecule has 1 unspecified atom stereocenters. The molecule has 2 saturated heterocycles. The van der Waals surface area contributed by atoms with Gasteiger partial charge in [0.05, 0.1) is 29.4 Å². The first-order valence-electron chi connectivity index (χ1n) is 13.7. The number of anilines is 1. The lowest BCUT2D eigenvalue weighted by atomic mass is 9.93. The molecule has 4 heterocycles. The molecule has 0 spiro atoms. The molecule has 196 valence electrons. The molecule has 0 N–H and O–H groups in total. The first-order chi connectivity index (χ1) is 18.5. The number of piperazine rings is 1. The molecule has 1 amide bonds. The molecule has 0 radical (unpaired) electrons. The number of cyclic esters (lactones) is 1. The van der Waals surface area contributed by atoms with Crippen molar-refractivity contribution in [3.8, 4) is 17.2 Å². The molecule has 38 heavy (non-hydrogen) atoms. The lowest BCUT2D eigenvalue weighted by molar-refractivity contribution is -0.144. The van der Waals surface area contributed by atoms with Gasteiger partial charge in [0, 0.05) is 43.7 Å². The van der Waals surface area contributed by atoms with Crippen molar-refractivity contribution < 1.29 is 14.3 Å². The van der Waals surface area contributed by atoms with Crippen molar-refractivity contribution in [1.29, 1.82) is 5.26 Å². The Morgan fingerprint density at radius 2 is 2.08 bits per heavy atom. The van der Waals surface area contributed by atoms with Gasteiger partial charge in [0.25, 0.3) is 0 Å². The molecular weight excluding hydrogens is 478 g/mol. The number of carbonyl (C=O) groups is 2. The number of amides is 1. The molecule has 2 atom stereocenters. The Morgan fingerprint density at radius 3 is 2.74 bits per heavy atom. The summed E-state index contributed by atoms with van der Waals surface area (Å²) in [7, 11) is 0. The van der Waals surface area contributed by atoms with Gasteiger partial charge >= 0.3 is 5.97 Å². The number of rotatable bonds is 7. The van der Waals surface area contributed by atoms with Crippen molar-refractivity contribution in [2.75, 3.05) is 24.5 Å². The highest BCUT2D eigenvalue weighted by Crippen LogP contribution is 2.47. The maximum absolute atomic E-state index is 13.3. The van der Waals surface area contributed by atoms with Crippen LogP contribution in [0.3, 0.4) is 0 Å². The van der Waals surface area contributed by atoms with Gasteiger partial charge in [-0.3, -0.25) is 14.6 Å². The molecule has 8 nitrogen and oxygen atoms in total. The smallest absolute Gasteiger partial charge is 0.306 e. The summed E-state index contributed by atoms with van der Waals surface area (Å²) in [5.74, 6) is 1.47. The van der Waals surface area contributed by atoms with E-state index >= 15 is 0 Å². The van der Waals surface area contributed by atoms with E-state index < -0.39 is 0 Å². The molecule has 0 bridgehead atoms. The van der Waals surface area contributed by atoms with Crippen molar-refractivity contribution >= 4 is 23.8 Å². The lowest BCUT2D eigenvalue weighted by Crippen LogP contribution is -2.57. The summed E-state index contributed by atoms with van der Waals surface area (Å²) in [4.78, 5) is 38.6. The van der Waals surface area contributed by atoms with E-state index in [2.05, 4.69) is 22.5 Å². The zero-order valence-electron chi connectivity index (χ0n) is 21.9. The van der Waals surface area contributed by atoms with Crippen molar-refractivity contribution in [1.82, 2.24) is 14.9 Å². The van der Waals surface area contributed by atoms with Gasteiger partial charge in [-0.05, 0) is 74.3 Å². The quantitative estimate of drug-likeness (QED) is 0.509. The van der Waals surface area contributed by atoms with E-state index in [1.54, 1.807) is 12.3 Å². The number of hydrogen-bond donors (Lipinski definition) is 0. The average Bonchev–Trinajstić information content (AvgIpc) is 3.86. The average molecular weight is 512 g/mol. The van der Waals surface area contributed by atoms with Gasteiger partial charge in [-0.25, -0.2) is 4.98 Å². The number of hydrogen-bond acceptors (Lipinski definition) is 7. The van der Waals surface area contributed by atoms with E-state index in [4.69, 9.17) is 9.72 Å². The Balaban J connectivity index is 1.31. The second kappa shape index (κ2) is 9.86. The monoisotopic (exact) mass is 511 g/mol. The number of nitrogens with zero attached hydrogens (tertiary/aromatic N) is 5. The highest BCUT2D eigenvalue weighted by molar-refractivity contribution is 5.80. The second-order valence-electron chi connectivity index (χ2n) is 11.0. The molecule has 6 rings (SSSR count). The SMILES string of the molecule is C=Cc1cc(-c2c(C3CC3)nc(N3CCN(C(=O)CC4CCC(=O)O4)[C@H](C4CC4)C3)c(C#N)c2C)ccn1. The van der Waals surface area contributed by atoms with Crippen molar-refractivity contribution in [3.05, 3.63) is 47.4 Å². The van der Waals surface area contributed by atoms with Crippen LogP contribution in [-0.4, -0.2) is 58.5 Å². The molecule has 4 fully saturated rings. The van der Waals surface area contributed by atoms with E-state index in [1.807, 2.05) is 24.0 Å². The summed E-state index contributed by atoms with van der Waals surface area (Å²) in [6.45, 7) is 7.76. The minimum atomic E-state index is -0.300. The normalized spacial score (nSPS) is 23.2. The predicted molar refractivity (Wildman–Crippen MR) is 143 cm³/mol. The summed E-state index contributed by atoms with van der Waals surface area (Å²) in [6.07, 6.45) is 8.91. The van der Waals surface area contributed by atoms with E-state index in [-0.39, 0.29) is 30.4 Å². The first kappa shape index (κ1) is 24.6. The fourth-order valence-electron chi connectivity index (χ4n) is 6.04. The number of nitriles is 1. The van der Waals surface area contributed by atoms with E-state index in [0.717, 1.165) is 59.6 Å². The van der Waals surface area contributed by atoms with Gasteiger partial charge < -0.3 is 14.5 Å². The number of pyridine rings is 2. The lowest BCUT2D eigenvalue weighted by Gasteiger charge is -2.43. The zero-order chi connectivity index (χ0) is 26.4. The molecule has 2 aliphatic carbocycles. The van der Waals surface area contributed by atoms with Crippen molar-refractivity contribution in [2.24, 2.45) is 5.92 Å². The summed E-state index contributed by atoms with van der Waals surface area (Å²) in [6, 6.07) is 6.55. The summed E-state index contributed by atoms with van der Waals surface area (Å²) < 4.78 is 5.32. The highest BCUT2D eigenvalue weighted by Gasteiger charge is 2.43. The Hall–Kier alpha value is -3.73. The molecule has 0 aromatic carbocycles. The molecule has 8 heteroatoms. The zero-order valence-corrected chi connectivity index (χ0v) is 21.9. The Labute approximate surface area is 223 Å². The summed E-state index contributed by atoms with van der Waals surface area (Å²) >= 11 is 0. The first-order valence-corrected chi connectivity index (χ1v) is 13.7. The van der Waals surface area contributed by atoms with Gasteiger partial charge in [-0.15, -0.1) is 0 Å². The van der Waals surface area contributed by atoms with Crippen LogP contribution in [0.15, 0.2) is 24.9 Å². The Morgan fingerprint density at radius 1 is 1.26 bits per heavy atom. The minimum absolute atomic E-state index is 0.0654. The highest BCUT2D eigenvalue weighted by atomic mass is 16.5. The second-order valence-corrected chi connectivity index (χ2v) is 11.0. The van der Waals surface area contributed by atoms with Crippen LogP contribution in [0.25, 0.3) is 17.2 Å². The van der Waals surface area contributed by atoms with Crippen LogP contribution in [0.4, 0.5) is 5.82 Å². The molecular formula is C30H33N5O3. The number of aromatic nitrogens is 2. The van der Waals surface area contributed by atoms with Crippen LogP contribution in [0, 0.1) is 24.2 Å². The Kier molecular flexibility index (Phi) is 6.38. The van der Waals surface area contributed by atoms with Gasteiger partial charge in [0.2, 0.25) is 5.91 Å². The van der Waals surface area contributed by atoms with Gasteiger partial charge in [0.1, 0.15) is 18.0 Å². The van der Waals surface area contributed by atoms with E-state index in [0.29, 0.717) is 49.9 Å². The maximum atomic E-state index is 13.3. The standard InChI is InChI=1S/C30H33N5O3/c1-3-22-14-21(10-11-32-22)28-18(2)24(16-31)30(33-29(28)20-6-7-20)34-12-13-35(25(17-34)19-4-5-19)26(36)15-23-8-9-27(37)38-23/h3,10-11,14,19-20,23,25H,1,4-9,12-13,15,17H2,2H3/t23?,25-/m0/s1. The predicted octanol–water partition coefficient (Wildman–Crippen LogP) is 4.37. The van der Waals surface area contributed by atoms with Crippen LogP contribution in [0.1, 0.15) is 73.4 Å². The third kappa shape index (κ3) is 4.66. The fraction of sp³-hybridized carbons (Fsp3) is 0.500. The number of esters is 1. The number of carbonyl (C=O) groups excluding carboxylic acids is 2. The van der Waals surface area contributed by atoms with Gasteiger partial charge in [-0.2, -0.15) is 5.26 Å². The van der Waals surface area contributed by atoms with Crippen LogP contribution < -0.4 is 4.90 Å². The molecule has 2 aliphatic heterocycles. The van der Waals surface area contributed by atoms with Gasteiger partial charge in [0.15, 0.2) is 0 Å². The topological polar surface area (TPSA) is 99.4 Å². The largest absolute Gasteiger partial charge is 0.462 e. The third-order valence-electron chi connectivity index (χ3n) is 8.39. The maximum Gasteiger partial charge on any atom is 0.306 e. The molecule has 4 aliphatic rings. The fourth-order valence-corrected chi connectivity index (χ4v) is 6.04. The van der Waals surface area contributed by atoms with Gasteiger partial charge in [-0.1, -0.05) is 6.58 Å². The van der Waals surface area contributed by atoms with E-state index in [9.17, 15) is 14.9 Å². The Bertz CT molecular complexity index is 1340. The van der Waals surface area contributed by atoms with Crippen LogP contribution in [-0.2, 0) is 14.3 Å². The van der Waals surface area contributed by atoms with E-state index in [1.165, 1.54) is 0 Å².